The molecule has 8 nitrogen and oxygen atoms in total. The number of carbonyl (C=O) groups is 1. The lowest BCUT2D eigenvalue weighted by atomic mass is 9.75. The van der Waals surface area contributed by atoms with Gasteiger partial charge in [-0.2, -0.15) is 0 Å². The van der Waals surface area contributed by atoms with Gasteiger partial charge in [0.2, 0.25) is 5.91 Å². The molecule has 8 heteroatoms. The zero-order valence-electron chi connectivity index (χ0n) is 15.6. The minimum absolute atomic E-state index is 0.0895. The van der Waals surface area contributed by atoms with Crippen molar-refractivity contribution in [3.05, 3.63) is 30.6 Å². The summed E-state index contributed by atoms with van der Waals surface area (Å²) in [4.78, 5) is 19.2. The number of carbonyl (C=O) groups excluding carboxylic acids is 1. The Morgan fingerprint density at radius 2 is 2.30 bits per heavy atom. The van der Waals surface area contributed by atoms with Gasteiger partial charge in [-0.3, -0.25) is 19.4 Å². The van der Waals surface area contributed by atoms with Crippen molar-refractivity contribution in [3.63, 3.8) is 0 Å². The highest BCUT2D eigenvalue weighted by molar-refractivity contribution is 5.79. The molecule has 144 valence electrons. The zero-order chi connectivity index (χ0) is 18.6. The Morgan fingerprint density at radius 3 is 3.04 bits per heavy atom. The van der Waals surface area contributed by atoms with E-state index in [0.29, 0.717) is 25.1 Å². The van der Waals surface area contributed by atoms with E-state index in [1.54, 1.807) is 13.3 Å². The van der Waals surface area contributed by atoms with Crippen molar-refractivity contribution in [1.82, 2.24) is 30.2 Å². The third-order valence-electron chi connectivity index (χ3n) is 5.68. The normalized spacial score (nSPS) is 26.9. The Morgan fingerprint density at radius 1 is 1.37 bits per heavy atom. The van der Waals surface area contributed by atoms with Crippen LogP contribution in [0, 0.1) is 11.8 Å². The van der Waals surface area contributed by atoms with Gasteiger partial charge in [-0.25, -0.2) is 0 Å². The number of nitrogens with one attached hydrogen (secondary N) is 1. The summed E-state index contributed by atoms with van der Waals surface area (Å²) in [7, 11) is 1.65. The van der Waals surface area contributed by atoms with Crippen LogP contribution in [0.15, 0.2) is 30.6 Å². The van der Waals surface area contributed by atoms with Gasteiger partial charge in [-0.1, -0.05) is 11.3 Å². The summed E-state index contributed by atoms with van der Waals surface area (Å²) in [5, 5.41) is 11.5. The van der Waals surface area contributed by atoms with E-state index >= 15 is 0 Å². The maximum absolute atomic E-state index is 12.5. The number of piperidine rings is 3. The predicted octanol–water partition coefficient (Wildman–Crippen LogP) is 0.813. The molecule has 2 bridgehead atoms. The number of hydrogen-bond acceptors (Lipinski definition) is 6. The topological polar surface area (TPSA) is 85.2 Å². The number of pyridine rings is 1. The van der Waals surface area contributed by atoms with Crippen LogP contribution in [0.4, 0.5) is 0 Å². The van der Waals surface area contributed by atoms with Crippen LogP contribution >= 0.6 is 0 Å². The number of ether oxygens (including phenoxy) is 1. The van der Waals surface area contributed by atoms with Gasteiger partial charge in [0.05, 0.1) is 31.0 Å². The summed E-state index contributed by atoms with van der Waals surface area (Å²) >= 11 is 0. The van der Waals surface area contributed by atoms with Gasteiger partial charge in [0.15, 0.2) is 0 Å². The number of aromatic nitrogens is 4. The summed E-state index contributed by atoms with van der Waals surface area (Å²) in [5.74, 6) is 0.700. The van der Waals surface area contributed by atoms with Crippen LogP contribution in [0.5, 0.6) is 0 Å². The van der Waals surface area contributed by atoms with E-state index in [1.165, 1.54) is 0 Å². The average molecular weight is 370 g/mol. The molecule has 3 aliphatic heterocycles. The molecule has 5 rings (SSSR count). The molecule has 3 saturated heterocycles. The fourth-order valence-corrected chi connectivity index (χ4v) is 4.27. The summed E-state index contributed by atoms with van der Waals surface area (Å²) < 4.78 is 6.92. The molecule has 5 heterocycles. The Hall–Kier alpha value is -2.32. The predicted molar refractivity (Wildman–Crippen MR) is 99.7 cm³/mol. The maximum Gasteiger partial charge on any atom is 0.224 e. The van der Waals surface area contributed by atoms with Crippen molar-refractivity contribution < 1.29 is 9.53 Å². The van der Waals surface area contributed by atoms with Crippen molar-refractivity contribution in [3.8, 4) is 11.4 Å². The molecule has 4 atom stereocenters. The first-order chi connectivity index (χ1) is 13.2. The molecule has 27 heavy (non-hydrogen) atoms. The number of nitrogens with zero attached hydrogens (tertiary/aromatic N) is 5. The van der Waals surface area contributed by atoms with Gasteiger partial charge in [0, 0.05) is 32.4 Å². The molecule has 0 aromatic carbocycles. The summed E-state index contributed by atoms with van der Waals surface area (Å²) in [6.45, 7) is 3.82. The highest BCUT2D eigenvalue weighted by atomic mass is 16.5. The third kappa shape index (κ3) is 4.01. The van der Waals surface area contributed by atoms with E-state index in [0.717, 1.165) is 43.9 Å². The second-order valence-electron chi connectivity index (χ2n) is 7.36. The highest BCUT2D eigenvalue weighted by Crippen LogP contribution is 2.37. The quantitative estimate of drug-likeness (QED) is 0.726. The lowest BCUT2D eigenvalue weighted by molar-refractivity contribution is -0.133. The molecule has 1 unspecified atom stereocenters. The van der Waals surface area contributed by atoms with Crippen LogP contribution in [0.25, 0.3) is 11.4 Å². The van der Waals surface area contributed by atoms with E-state index in [2.05, 4.69) is 25.5 Å². The second-order valence-corrected chi connectivity index (χ2v) is 7.36. The van der Waals surface area contributed by atoms with E-state index < -0.39 is 0 Å². The molecule has 0 spiro atoms. The highest BCUT2D eigenvalue weighted by Gasteiger charge is 2.43. The van der Waals surface area contributed by atoms with E-state index in [4.69, 9.17) is 4.74 Å². The van der Waals surface area contributed by atoms with Gasteiger partial charge in [0.25, 0.3) is 0 Å². The van der Waals surface area contributed by atoms with Crippen LogP contribution in [0.1, 0.15) is 12.8 Å². The van der Waals surface area contributed by atoms with Crippen molar-refractivity contribution in [2.24, 2.45) is 11.8 Å². The first kappa shape index (κ1) is 18.1. The molecule has 2 aromatic rings. The number of amides is 1. The summed E-state index contributed by atoms with van der Waals surface area (Å²) in [6.07, 6.45) is 5.84. The van der Waals surface area contributed by atoms with E-state index in [9.17, 15) is 4.79 Å². The Labute approximate surface area is 158 Å². The molecule has 2 aromatic heterocycles. The van der Waals surface area contributed by atoms with Crippen LogP contribution in [0.3, 0.4) is 0 Å². The minimum Gasteiger partial charge on any atom is -0.383 e. The SMILES string of the molecule is COCCNC(=O)[C@H]1CN2CC[C@H]1C[C@@H]2Cn1cc(-c2ccccn2)nn1. The van der Waals surface area contributed by atoms with Gasteiger partial charge in [-0.15, -0.1) is 5.10 Å². The molecular formula is C19H26N6O2. The van der Waals surface area contributed by atoms with Crippen LogP contribution < -0.4 is 5.32 Å². The smallest absolute Gasteiger partial charge is 0.224 e. The molecule has 0 radical (unpaired) electrons. The monoisotopic (exact) mass is 370 g/mol. The maximum atomic E-state index is 12.5. The Kier molecular flexibility index (Phi) is 5.45. The summed E-state index contributed by atoms with van der Waals surface area (Å²) in [6, 6.07) is 6.19. The van der Waals surface area contributed by atoms with Crippen molar-refractivity contribution in [2.75, 3.05) is 33.4 Å². The first-order valence-corrected chi connectivity index (χ1v) is 9.57. The second kappa shape index (κ2) is 8.14. The minimum atomic E-state index is 0.0895. The van der Waals surface area contributed by atoms with Gasteiger partial charge in [-0.05, 0) is 37.4 Å². The molecule has 3 fully saturated rings. The molecule has 0 saturated carbocycles. The number of fused-ring (bicyclic) bond motifs is 3. The van der Waals surface area contributed by atoms with E-state index in [-0.39, 0.29) is 11.8 Å². The van der Waals surface area contributed by atoms with Gasteiger partial charge >= 0.3 is 0 Å². The third-order valence-corrected chi connectivity index (χ3v) is 5.68. The van der Waals surface area contributed by atoms with E-state index in [1.807, 2.05) is 29.1 Å². The number of rotatable bonds is 7. The Bertz CT molecular complexity index is 765. The molecular weight excluding hydrogens is 344 g/mol. The number of hydrogen-bond donors (Lipinski definition) is 1. The van der Waals surface area contributed by atoms with Crippen LogP contribution in [-0.2, 0) is 16.1 Å². The van der Waals surface area contributed by atoms with Crippen LogP contribution in [-0.4, -0.2) is 70.2 Å². The number of methoxy groups -OCH3 is 1. The average Bonchev–Trinajstić information content (AvgIpc) is 3.18. The van der Waals surface area contributed by atoms with Gasteiger partial charge < -0.3 is 10.1 Å². The molecule has 1 N–H and O–H groups in total. The molecule has 3 aliphatic rings. The van der Waals surface area contributed by atoms with Crippen molar-refractivity contribution >= 4 is 5.91 Å². The van der Waals surface area contributed by atoms with Crippen molar-refractivity contribution in [2.45, 2.75) is 25.4 Å². The lowest BCUT2D eigenvalue weighted by Gasteiger charge is -2.49. The van der Waals surface area contributed by atoms with Crippen LogP contribution in [0.2, 0.25) is 0 Å². The van der Waals surface area contributed by atoms with Gasteiger partial charge in [0.1, 0.15) is 5.69 Å². The largest absolute Gasteiger partial charge is 0.383 e. The first-order valence-electron chi connectivity index (χ1n) is 9.57. The molecule has 0 aliphatic carbocycles. The zero-order valence-corrected chi connectivity index (χ0v) is 15.6. The fourth-order valence-electron chi connectivity index (χ4n) is 4.27. The molecule has 1 amide bonds. The Balaban J connectivity index is 1.36. The fraction of sp³-hybridized carbons (Fsp3) is 0.579. The standard InChI is InChI=1S/C19H26N6O2/c1-27-9-7-21-19(26)16-12-24-8-5-14(16)10-15(24)11-25-13-18(22-23-25)17-4-2-3-6-20-17/h2-4,6,13-16H,5,7-12H2,1H3,(H,21,26)/t14-,15+,16-/m0/s1. The van der Waals surface area contributed by atoms with Crippen molar-refractivity contribution in [1.29, 1.82) is 0 Å². The summed E-state index contributed by atoms with van der Waals surface area (Å²) in [5.41, 5.74) is 1.63. The lowest BCUT2D eigenvalue weighted by Crippen LogP contribution is -2.58.